The topological polar surface area (TPSA) is 85.0 Å². The largest absolute Gasteiger partial charge is 0.368 e. The van der Waals surface area contributed by atoms with Crippen LogP contribution in [-0.4, -0.2) is 33.8 Å². The SMILES string of the molecule is Nc1nc(-c2cc(Cl)ccc2Cl)nc(N2CCC(=O)CC2)n1. The van der Waals surface area contributed by atoms with E-state index >= 15 is 0 Å². The minimum atomic E-state index is 0.105. The van der Waals surface area contributed by atoms with E-state index in [-0.39, 0.29) is 11.7 Å². The maximum absolute atomic E-state index is 11.3. The molecule has 1 aliphatic heterocycles. The van der Waals surface area contributed by atoms with Gasteiger partial charge in [0.15, 0.2) is 5.82 Å². The Balaban J connectivity index is 1.99. The number of halogens is 2. The smallest absolute Gasteiger partial charge is 0.230 e. The fourth-order valence-corrected chi connectivity index (χ4v) is 2.64. The minimum absolute atomic E-state index is 0.105. The van der Waals surface area contributed by atoms with Gasteiger partial charge in [0, 0.05) is 36.5 Å². The molecule has 1 aromatic heterocycles. The van der Waals surface area contributed by atoms with E-state index in [0.29, 0.717) is 53.3 Å². The zero-order valence-corrected chi connectivity index (χ0v) is 13.1. The summed E-state index contributed by atoms with van der Waals surface area (Å²) in [5.74, 6) is 1.17. The summed E-state index contributed by atoms with van der Waals surface area (Å²) in [6, 6.07) is 5.05. The lowest BCUT2D eigenvalue weighted by Gasteiger charge is -2.26. The van der Waals surface area contributed by atoms with Gasteiger partial charge in [-0.3, -0.25) is 4.79 Å². The number of benzene rings is 1. The number of carbonyl (C=O) groups is 1. The zero-order valence-electron chi connectivity index (χ0n) is 11.6. The molecule has 0 aliphatic carbocycles. The van der Waals surface area contributed by atoms with Crippen molar-refractivity contribution in [1.29, 1.82) is 0 Å². The second kappa shape index (κ2) is 6.06. The molecule has 0 radical (unpaired) electrons. The van der Waals surface area contributed by atoms with Gasteiger partial charge in [-0.05, 0) is 18.2 Å². The Morgan fingerprint density at radius 1 is 1.09 bits per heavy atom. The molecule has 114 valence electrons. The monoisotopic (exact) mass is 337 g/mol. The van der Waals surface area contributed by atoms with E-state index in [9.17, 15) is 4.79 Å². The predicted molar refractivity (Wildman–Crippen MR) is 86.1 cm³/mol. The molecule has 0 amide bonds. The number of nitrogen functional groups attached to an aromatic ring is 1. The first-order valence-corrected chi connectivity index (χ1v) is 7.52. The van der Waals surface area contributed by atoms with E-state index in [4.69, 9.17) is 28.9 Å². The highest BCUT2D eigenvalue weighted by Crippen LogP contribution is 2.29. The van der Waals surface area contributed by atoms with Gasteiger partial charge in [0.05, 0.1) is 5.02 Å². The summed E-state index contributed by atoms with van der Waals surface area (Å²) in [7, 11) is 0. The van der Waals surface area contributed by atoms with Gasteiger partial charge in [-0.25, -0.2) is 0 Å². The number of hydrogen-bond donors (Lipinski definition) is 1. The number of carbonyl (C=O) groups excluding carboxylic acids is 1. The number of nitrogens with two attached hydrogens (primary N) is 1. The number of anilines is 2. The van der Waals surface area contributed by atoms with Crippen molar-refractivity contribution < 1.29 is 4.79 Å². The molecule has 1 saturated heterocycles. The van der Waals surface area contributed by atoms with Crippen LogP contribution in [0.25, 0.3) is 11.4 Å². The van der Waals surface area contributed by atoms with Crippen LogP contribution in [0.5, 0.6) is 0 Å². The quantitative estimate of drug-likeness (QED) is 0.906. The van der Waals surface area contributed by atoms with Crippen LogP contribution >= 0.6 is 23.2 Å². The first-order valence-electron chi connectivity index (χ1n) is 6.76. The molecule has 22 heavy (non-hydrogen) atoms. The molecule has 1 fully saturated rings. The number of piperidine rings is 1. The Hall–Kier alpha value is -1.92. The number of nitrogens with zero attached hydrogens (tertiary/aromatic N) is 4. The van der Waals surface area contributed by atoms with E-state index in [0.717, 1.165) is 0 Å². The van der Waals surface area contributed by atoms with Crippen LogP contribution in [0, 0.1) is 0 Å². The lowest BCUT2D eigenvalue weighted by Crippen LogP contribution is -2.35. The lowest BCUT2D eigenvalue weighted by molar-refractivity contribution is -0.119. The van der Waals surface area contributed by atoms with Gasteiger partial charge >= 0.3 is 0 Å². The second-order valence-electron chi connectivity index (χ2n) is 4.97. The van der Waals surface area contributed by atoms with Gasteiger partial charge in [0.25, 0.3) is 0 Å². The summed E-state index contributed by atoms with van der Waals surface area (Å²) >= 11 is 12.2. The predicted octanol–water partition coefficient (Wildman–Crippen LogP) is 2.60. The van der Waals surface area contributed by atoms with E-state index in [1.165, 1.54) is 0 Å². The highest BCUT2D eigenvalue weighted by Gasteiger charge is 2.20. The average molecular weight is 338 g/mol. The van der Waals surface area contributed by atoms with Crippen LogP contribution in [0.15, 0.2) is 18.2 Å². The van der Waals surface area contributed by atoms with Crippen LogP contribution < -0.4 is 10.6 Å². The highest BCUT2D eigenvalue weighted by molar-refractivity contribution is 6.35. The van der Waals surface area contributed by atoms with Crippen LogP contribution in [0.2, 0.25) is 10.0 Å². The molecule has 2 aromatic rings. The molecule has 2 heterocycles. The molecule has 1 aromatic carbocycles. The molecule has 0 unspecified atom stereocenters. The first-order chi connectivity index (χ1) is 10.5. The van der Waals surface area contributed by atoms with Gasteiger partial charge in [0.1, 0.15) is 5.78 Å². The van der Waals surface area contributed by atoms with E-state index in [1.54, 1.807) is 18.2 Å². The fraction of sp³-hybridized carbons (Fsp3) is 0.286. The summed E-state index contributed by atoms with van der Waals surface area (Å²) in [5.41, 5.74) is 6.38. The van der Waals surface area contributed by atoms with E-state index in [1.807, 2.05) is 4.90 Å². The van der Waals surface area contributed by atoms with Gasteiger partial charge in [0.2, 0.25) is 11.9 Å². The molecular formula is C14H13Cl2N5O. The number of hydrogen-bond acceptors (Lipinski definition) is 6. The van der Waals surface area contributed by atoms with Crippen LogP contribution in [0.1, 0.15) is 12.8 Å². The third-order valence-electron chi connectivity index (χ3n) is 3.41. The maximum atomic E-state index is 11.3. The summed E-state index contributed by atoms with van der Waals surface area (Å²) in [4.78, 5) is 26.0. The minimum Gasteiger partial charge on any atom is -0.368 e. The highest BCUT2D eigenvalue weighted by atomic mass is 35.5. The van der Waals surface area contributed by atoms with Crippen molar-refractivity contribution >= 4 is 40.9 Å². The lowest BCUT2D eigenvalue weighted by atomic mass is 10.1. The molecule has 6 nitrogen and oxygen atoms in total. The van der Waals surface area contributed by atoms with Crippen molar-refractivity contribution in [2.45, 2.75) is 12.8 Å². The molecule has 0 spiro atoms. The third kappa shape index (κ3) is 3.13. The summed E-state index contributed by atoms with van der Waals surface area (Å²) in [6.07, 6.45) is 0.970. The standard InChI is InChI=1S/C14H13Cl2N5O/c15-8-1-2-11(16)10(7-8)12-18-13(17)20-14(19-12)21-5-3-9(22)4-6-21/h1-2,7H,3-6H2,(H2,17,18,19,20). The number of ketones is 1. The van der Waals surface area contributed by atoms with Crippen LogP contribution in [-0.2, 0) is 4.79 Å². The first kappa shape index (κ1) is 15.0. The van der Waals surface area contributed by atoms with Crippen molar-refractivity contribution in [3.05, 3.63) is 28.2 Å². The summed E-state index contributed by atoms with van der Waals surface area (Å²) < 4.78 is 0. The Morgan fingerprint density at radius 2 is 1.82 bits per heavy atom. The Labute approximate surface area is 137 Å². The average Bonchev–Trinajstić information content (AvgIpc) is 2.50. The van der Waals surface area contributed by atoms with Crippen LogP contribution in [0.3, 0.4) is 0 Å². The fourth-order valence-electron chi connectivity index (χ4n) is 2.27. The molecular weight excluding hydrogens is 325 g/mol. The third-order valence-corrected chi connectivity index (χ3v) is 3.98. The molecule has 1 aliphatic rings. The van der Waals surface area contributed by atoms with Crippen molar-refractivity contribution in [3.8, 4) is 11.4 Å². The normalized spacial score (nSPS) is 15.2. The van der Waals surface area contributed by atoms with Crippen molar-refractivity contribution in [2.75, 3.05) is 23.7 Å². The van der Waals surface area contributed by atoms with E-state index in [2.05, 4.69) is 15.0 Å². The van der Waals surface area contributed by atoms with Gasteiger partial charge in [-0.15, -0.1) is 0 Å². The Kier molecular flexibility index (Phi) is 4.13. The van der Waals surface area contributed by atoms with Crippen LogP contribution in [0.4, 0.5) is 11.9 Å². The van der Waals surface area contributed by atoms with Gasteiger partial charge in [-0.2, -0.15) is 15.0 Å². The number of aromatic nitrogens is 3. The molecule has 0 bridgehead atoms. The number of Topliss-reactive ketones (excluding diaryl/α,β-unsaturated/α-hetero) is 1. The van der Waals surface area contributed by atoms with E-state index < -0.39 is 0 Å². The number of rotatable bonds is 2. The van der Waals surface area contributed by atoms with Crippen molar-refractivity contribution in [3.63, 3.8) is 0 Å². The molecule has 3 rings (SSSR count). The molecule has 0 atom stereocenters. The maximum Gasteiger partial charge on any atom is 0.230 e. The van der Waals surface area contributed by atoms with Crippen molar-refractivity contribution in [1.82, 2.24) is 15.0 Å². The summed E-state index contributed by atoms with van der Waals surface area (Å²) in [6.45, 7) is 1.15. The van der Waals surface area contributed by atoms with Crippen molar-refractivity contribution in [2.24, 2.45) is 0 Å². The second-order valence-corrected chi connectivity index (χ2v) is 5.81. The molecule has 0 saturated carbocycles. The van der Waals surface area contributed by atoms with Gasteiger partial charge < -0.3 is 10.6 Å². The Morgan fingerprint density at radius 3 is 2.55 bits per heavy atom. The molecule has 2 N–H and O–H groups in total. The van der Waals surface area contributed by atoms with Gasteiger partial charge in [-0.1, -0.05) is 23.2 Å². The Bertz CT molecular complexity index is 727. The molecule has 8 heteroatoms. The zero-order chi connectivity index (χ0) is 15.7. The summed E-state index contributed by atoms with van der Waals surface area (Å²) in [5, 5.41) is 1.01.